The van der Waals surface area contributed by atoms with E-state index in [2.05, 4.69) is 4.98 Å². The zero-order valence-electron chi connectivity index (χ0n) is 12.9. The molecule has 3 rings (SSSR count). The van der Waals surface area contributed by atoms with Crippen LogP contribution in [0, 0.1) is 5.82 Å². The van der Waals surface area contributed by atoms with Crippen LogP contribution in [0.1, 0.15) is 22.3 Å². The van der Waals surface area contributed by atoms with E-state index in [1.165, 1.54) is 23.4 Å². The molecule has 0 aliphatic carbocycles. The molecule has 1 saturated heterocycles. The number of halogens is 1. The number of carbonyl (C=O) groups is 1. The lowest BCUT2D eigenvalue weighted by Gasteiger charge is -2.28. The zero-order valence-corrected chi connectivity index (χ0v) is 13.7. The van der Waals surface area contributed by atoms with Gasteiger partial charge in [-0.05, 0) is 24.6 Å². The van der Waals surface area contributed by atoms with Crippen molar-refractivity contribution in [2.75, 3.05) is 11.5 Å². The summed E-state index contributed by atoms with van der Waals surface area (Å²) < 4.78 is 37.6. The first kappa shape index (κ1) is 16.6. The van der Waals surface area contributed by atoms with Crippen molar-refractivity contribution in [2.24, 2.45) is 0 Å². The molecule has 126 valence electrons. The van der Waals surface area contributed by atoms with Crippen LogP contribution < -0.4 is 0 Å². The summed E-state index contributed by atoms with van der Waals surface area (Å²) in [5.74, 6) is -0.763. The number of rotatable bonds is 4. The summed E-state index contributed by atoms with van der Waals surface area (Å²) in [6.07, 6.45) is 3.37. The monoisotopic (exact) mass is 348 g/mol. The van der Waals surface area contributed by atoms with Crippen molar-refractivity contribution in [2.45, 2.75) is 19.0 Å². The van der Waals surface area contributed by atoms with Gasteiger partial charge in [-0.25, -0.2) is 12.8 Å². The normalized spacial score (nSPS) is 19.1. The average molecular weight is 348 g/mol. The second-order valence-electron chi connectivity index (χ2n) is 5.82. The molecule has 1 aromatic carbocycles. The third-order valence-electron chi connectivity index (χ3n) is 4.14. The van der Waals surface area contributed by atoms with E-state index in [9.17, 15) is 17.6 Å². The van der Waals surface area contributed by atoms with Crippen molar-refractivity contribution in [1.29, 1.82) is 0 Å². The van der Waals surface area contributed by atoms with E-state index in [0.717, 1.165) is 0 Å². The lowest BCUT2D eigenvalue weighted by molar-refractivity contribution is 0.0679. The Labute approximate surface area is 140 Å². The summed E-state index contributed by atoms with van der Waals surface area (Å²) in [5.41, 5.74) is 0.773. The van der Waals surface area contributed by atoms with Gasteiger partial charge in [-0.15, -0.1) is 0 Å². The van der Waals surface area contributed by atoms with Crippen LogP contribution in [0.25, 0.3) is 0 Å². The highest BCUT2D eigenvalue weighted by atomic mass is 32.2. The summed E-state index contributed by atoms with van der Waals surface area (Å²) in [5, 5.41) is 0. The van der Waals surface area contributed by atoms with Gasteiger partial charge in [-0.1, -0.05) is 18.2 Å². The molecule has 5 nitrogen and oxygen atoms in total. The van der Waals surface area contributed by atoms with E-state index >= 15 is 0 Å². The van der Waals surface area contributed by atoms with Gasteiger partial charge in [0, 0.05) is 36.1 Å². The SMILES string of the molecule is O=C(c1ccncc1)N(Cc1ccccc1F)C1CCS(=O)(=O)C1. The second kappa shape index (κ2) is 6.68. The molecule has 0 radical (unpaired) electrons. The Balaban J connectivity index is 1.92. The molecule has 2 heterocycles. The zero-order chi connectivity index (χ0) is 17.2. The van der Waals surface area contributed by atoms with Crippen LogP contribution >= 0.6 is 0 Å². The third kappa shape index (κ3) is 3.62. The predicted octanol–water partition coefficient (Wildman–Crippen LogP) is 2.05. The minimum atomic E-state index is -3.16. The van der Waals surface area contributed by atoms with Gasteiger partial charge in [-0.3, -0.25) is 9.78 Å². The third-order valence-corrected chi connectivity index (χ3v) is 5.89. The highest BCUT2D eigenvalue weighted by Crippen LogP contribution is 2.23. The lowest BCUT2D eigenvalue weighted by Crippen LogP contribution is -2.40. The quantitative estimate of drug-likeness (QED) is 0.848. The molecule has 1 amide bonds. The van der Waals surface area contributed by atoms with Crippen molar-refractivity contribution < 1.29 is 17.6 Å². The summed E-state index contributed by atoms with van der Waals surface area (Å²) in [6.45, 7) is 0.0357. The Morgan fingerprint density at radius 3 is 2.54 bits per heavy atom. The van der Waals surface area contributed by atoms with E-state index in [1.807, 2.05) is 0 Å². The van der Waals surface area contributed by atoms with Crippen LogP contribution in [0.4, 0.5) is 4.39 Å². The largest absolute Gasteiger partial charge is 0.330 e. The van der Waals surface area contributed by atoms with Gasteiger partial charge in [0.05, 0.1) is 11.5 Å². The fourth-order valence-electron chi connectivity index (χ4n) is 2.86. The van der Waals surface area contributed by atoms with Gasteiger partial charge < -0.3 is 4.90 Å². The molecular weight excluding hydrogens is 331 g/mol. The standard InChI is InChI=1S/C17H17FN2O3S/c18-16-4-2-1-3-14(16)11-20(15-7-10-24(22,23)12-15)17(21)13-5-8-19-9-6-13/h1-6,8-9,15H,7,10-12H2. The van der Waals surface area contributed by atoms with Crippen LogP contribution in [0.2, 0.25) is 0 Å². The van der Waals surface area contributed by atoms with Crippen LogP contribution in [0.5, 0.6) is 0 Å². The molecule has 0 N–H and O–H groups in total. The molecule has 1 fully saturated rings. The summed E-state index contributed by atoms with van der Waals surface area (Å²) in [7, 11) is -3.16. The van der Waals surface area contributed by atoms with Crippen LogP contribution in [0.15, 0.2) is 48.8 Å². The number of carbonyl (C=O) groups excluding carboxylic acids is 1. The first-order valence-corrected chi connectivity index (χ1v) is 9.43. The van der Waals surface area contributed by atoms with Gasteiger partial charge in [0.25, 0.3) is 5.91 Å². The maximum atomic E-state index is 14.0. The number of benzene rings is 1. The van der Waals surface area contributed by atoms with Gasteiger partial charge >= 0.3 is 0 Å². The molecule has 1 aliphatic heterocycles. The van der Waals surface area contributed by atoms with Crippen LogP contribution in [0.3, 0.4) is 0 Å². The number of amides is 1. The molecule has 7 heteroatoms. The fraction of sp³-hybridized carbons (Fsp3) is 0.294. The predicted molar refractivity (Wildman–Crippen MR) is 87.6 cm³/mol. The smallest absolute Gasteiger partial charge is 0.254 e. The number of hydrogen-bond acceptors (Lipinski definition) is 4. The molecule has 0 saturated carbocycles. The molecule has 1 aliphatic rings. The Morgan fingerprint density at radius 1 is 1.21 bits per heavy atom. The first-order valence-electron chi connectivity index (χ1n) is 7.61. The van der Waals surface area contributed by atoms with Crippen molar-refractivity contribution >= 4 is 15.7 Å². The van der Waals surface area contributed by atoms with Gasteiger partial charge in [-0.2, -0.15) is 0 Å². The van der Waals surface area contributed by atoms with E-state index < -0.39 is 21.7 Å². The van der Waals surface area contributed by atoms with E-state index in [-0.39, 0.29) is 24.0 Å². The van der Waals surface area contributed by atoms with Crippen LogP contribution in [-0.4, -0.2) is 41.8 Å². The molecule has 1 unspecified atom stereocenters. The Kier molecular flexibility index (Phi) is 4.62. The second-order valence-corrected chi connectivity index (χ2v) is 8.05. The molecule has 1 aromatic heterocycles. The van der Waals surface area contributed by atoms with Crippen molar-refractivity contribution in [3.8, 4) is 0 Å². The van der Waals surface area contributed by atoms with Gasteiger partial charge in [0.2, 0.25) is 0 Å². The minimum Gasteiger partial charge on any atom is -0.330 e. The number of hydrogen-bond donors (Lipinski definition) is 0. The number of sulfone groups is 1. The maximum absolute atomic E-state index is 14.0. The van der Waals surface area contributed by atoms with Gasteiger partial charge in [0.1, 0.15) is 5.82 Å². The van der Waals surface area contributed by atoms with Crippen LogP contribution in [-0.2, 0) is 16.4 Å². The first-order chi connectivity index (χ1) is 11.5. The summed E-state index contributed by atoms with van der Waals surface area (Å²) in [6, 6.07) is 8.89. The van der Waals surface area contributed by atoms with Crippen molar-refractivity contribution in [1.82, 2.24) is 9.88 Å². The summed E-state index contributed by atoms with van der Waals surface area (Å²) >= 11 is 0. The van der Waals surface area contributed by atoms with Gasteiger partial charge in [0.15, 0.2) is 9.84 Å². The van der Waals surface area contributed by atoms with Crippen molar-refractivity contribution in [3.05, 3.63) is 65.7 Å². The molecule has 0 bridgehead atoms. The van der Waals surface area contributed by atoms with E-state index in [4.69, 9.17) is 0 Å². The highest BCUT2D eigenvalue weighted by molar-refractivity contribution is 7.91. The molecule has 0 spiro atoms. The maximum Gasteiger partial charge on any atom is 0.254 e. The van der Waals surface area contributed by atoms with Crippen molar-refractivity contribution in [3.63, 3.8) is 0 Å². The van der Waals surface area contributed by atoms with E-state index in [0.29, 0.717) is 17.5 Å². The Bertz CT molecular complexity index is 840. The lowest BCUT2D eigenvalue weighted by atomic mass is 10.1. The number of nitrogens with zero attached hydrogens (tertiary/aromatic N) is 2. The Morgan fingerprint density at radius 2 is 1.92 bits per heavy atom. The number of pyridine rings is 1. The topological polar surface area (TPSA) is 67.3 Å². The minimum absolute atomic E-state index is 0.0357. The molecular formula is C17H17FN2O3S. The highest BCUT2D eigenvalue weighted by Gasteiger charge is 2.35. The van der Waals surface area contributed by atoms with E-state index in [1.54, 1.807) is 30.3 Å². The number of aromatic nitrogens is 1. The molecule has 24 heavy (non-hydrogen) atoms. The Hall–Kier alpha value is -2.28. The average Bonchev–Trinajstić information content (AvgIpc) is 2.94. The molecule has 1 atom stereocenters. The molecule has 2 aromatic rings. The summed E-state index contributed by atoms with van der Waals surface area (Å²) in [4.78, 5) is 18.2. The fourth-order valence-corrected chi connectivity index (χ4v) is 4.59.